The third-order valence-electron chi connectivity index (χ3n) is 5.29. The van der Waals surface area contributed by atoms with Crippen molar-refractivity contribution in [3.05, 3.63) is 115 Å². The van der Waals surface area contributed by atoms with Crippen molar-refractivity contribution in [3.8, 4) is 39.6 Å². The Kier molecular flexibility index (Phi) is 5.24. The summed E-state index contributed by atoms with van der Waals surface area (Å²) >= 11 is 0. The van der Waals surface area contributed by atoms with Crippen LogP contribution in [0.5, 0.6) is 0 Å². The molecule has 4 aromatic carbocycles. The predicted molar refractivity (Wildman–Crippen MR) is 125 cm³/mol. The van der Waals surface area contributed by atoms with Gasteiger partial charge in [-0.2, -0.15) is 0 Å². The molecule has 1 N–H and O–H groups in total. The van der Waals surface area contributed by atoms with Crippen LogP contribution >= 0.6 is 0 Å². The highest BCUT2D eigenvalue weighted by Crippen LogP contribution is 2.29. The van der Waals surface area contributed by atoms with Gasteiger partial charge in [-0.1, -0.05) is 72.8 Å². The summed E-state index contributed by atoms with van der Waals surface area (Å²) in [5.74, 6) is -0.836. The van der Waals surface area contributed by atoms with Gasteiger partial charge >= 0.3 is 5.97 Å². The van der Waals surface area contributed by atoms with Gasteiger partial charge in [0.15, 0.2) is 11.6 Å². The van der Waals surface area contributed by atoms with Crippen molar-refractivity contribution in [1.29, 1.82) is 0 Å². The van der Waals surface area contributed by atoms with Crippen LogP contribution in [-0.2, 0) is 0 Å². The number of halogens is 1. The fourth-order valence-electron chi connectivity index (χ4n) is 3.66. The van der Waals surface area contributed by atoms with Gasteiger partial charge in [0.1, 0.15) is 5.82 Å². The lowest BCUT2D eigenvalue weighted by atomic mass is 10.0. The SMILES string of the molecule is O=C(O)c1cc(-c2cccc(-c3nc(-c4ccccc4)n(-c4ccccc4)n3)c2)ccc1F. The van der Waals surface area contributed by atoms with Gasteiger partial charge < -0.3 is 5.11 Å². The van der Waals surface area contributed by atoms with E-state index in [4.69, 9.17) is 10.1 Å². The van der Waals surface area contributed by atoms with Gasteiger partial charge in [-0.05, 0) is 41.5 Å². The van der Waals surface area contributed by atoms with E-state index in [1.54, 1.807) is 10.7 Å². The van der Waals surface area contributed by atoms with Crippen molar-refractivity contribution < 1.29 is 14.3 Å². The molecular formula is C27H18FN3O2. The molecule has 160 valence electrons. The van der Waals surface area contributed by atoms with Crippen molar-refractivity contribution >= 4 is 5.97 Å². The van der Waals surface area contributed by atoms with Gasteiger partial charge in [0.05, 0.1) is 11.3 Å². The van der Waals surface area contributed by atoms with Crippen LogP contribution in [-0.4, -0.2) is 25.8 Å². The minimum Gasteiger partial charge on any atom is -0.478 e. The maximum absolute atomic E-state index is 13.8. The highest BCUT2D eigenvalue weighted by atomic mass is 19.1. The molecule has 6 heteroatoms. The predicted octanol–water partition coefficient (Wildman–Crippen LogP) is 6.11. The normalized spacial score (nSPS) is 10.8. The maximum Gasteiger partial charge on any atom is 0.338 e. The van der Waals surface area contributed by atoms with Crippen LogP contribution in [0.2, 0.25) is 0 Å². The summed E-state index contributed by atoms with van der Waals surface area (Å²) in [6, 6.07) is 31.1. The highest BCUT2D eigenvalue weighted by molar-refractivity contribution is 5.90. The number of carboxylic acid groups (broad SMARTS) is 1. The van der Waals surface area contributed by atoms with Crippen molar-refractivity contribution in [3.63, 3.8) is 0 Å². The molecule has 1 aromatic heterocycles. The summed E-state index contributed by atoms with van der Waals surface area (Å²) in [4.78, 5) is 16.2. The Morgan fingerprint density at radius 1 is 0.727 bits per heavy atom. The summed E-state index contributed by atoms with van der Waals surface area (Å²) < 4.78 is 15.6. The topological polar surface area (TPSA) is 68.0 Å². The lowest BCUT2D eigenvalue weighted by Gasteiger charge is -2.06. The number of aromatic carboxylic acids is 1. The molecule has 0 spiro atoms. The number of benzene rings is 4. The number of hydrogen-bond acceptors (Lipinski definition) is 3. The van der Waals surface area contributed by atoms with Gasteiger partial charge in [-0.15, -0.1) is 5.10 Å². The molecule has 0 fully saturated rings. The Morgan fingerprint density at radius 3 is 2.09 bits per heavy atom. The average molecular weight is 435 g/mol. The van der Waals surface area contributed by atoms with Crippen LogP contribution in [0.15, 0.2) is 103 Å². The largest absolute Gasteiger partial charge is 0.478 e. The second kappa shape index (κ2) is 8.51. The van der Waals surface area contributed by atoms with Crippen LogP contribution in [0.1, 0.15) is 10.4 Å². The number of carbonyl (C=O) groups is 1. The van der Waals surface area contributed by atoms with Crippen LogP contribution in [0.3, 0.4) is 0 Å². The second-order valence-corrected chi connectivity index (χ2v) is 7.45. The van der Waals surface area contributed by atoms with E-state index in [2.05, 4.69) is 0 Å². The molecule has 0 aliphatic heterocycles. The molecule has 5 rings (SSSR count). The number of carboxylic acids is 1. The monoisotopic (exact) mass is 435 g/mol. The van der Waals surface area contributed by atoms with Gasteiger partial charge in [0.25, 0.3) is 0 Å². The van der Waals surface area contributed by atoms with Gasteiger partial charge in [-0.25, -0.2) is 18.9 Å². The van der Waals surface area contributed by atoms with E-state index in [0.29, 0.717) is 17.2 Å². The van der Waals surface area contributed by atoms with Crippen molar-refractivity contribution in [2.45, 2.75) is 0 Å². The number of nitrogens with zero attached hydrogens (tertiary/aromatic N) is 3. The minimum absolute atomic E-state index is 0.365. The molecule has 33 heavy (non-hydrogen) atoms. The van der Waals surface area contributed by atoms with Gasteiger partial charge in [-0.3, -0.25) is 0 Å². The fraction of sp³-hybridized carbons (Fsp3) is 0. The van der Waals surface area contributed by atoms with E-state index >= 15 is 0 Å². The smallest absolute Gasteiger partial charge is 0.338 e. The third kappa shape index (κ3) is 4.02. The van der Waals surface area contributed by atoms with Crippen molar-refractivity contribution in [2.75, 3.05) is 0 Å². The van der Waals surface area contributed by atoms with E-state index in [-0.39, 0.29) is 5.56 Å². The van der Waals surface area contributed by atoms with E-state index in [1.165, 1.54) is 12.1 Å². The van der Waals surface area contributed by atoms with E-state index < -0.39 is 11.8 Å². The molecule has 0 amide bonds. The van der Waals surface area contributed by atoms with E-state index in [0.717, 1.165) is 22.4 Å². The Balaban J connectivity index is 1.62. The lowest BCUT2D eigenvalue weighted by molar-refractivity contribution is 0.0692. The fourth-order valence-corrected chi connectivity index (χ4v) is 3.66. The van der Waals surface area contributed by atoms with Gasteiger partial charge in [0.2, 0.25) is 0 Å². The molecule has 0 aliphatic carbocycles. The zero-order chi connectivity index (χ0) is 22.8. The first-order valence-corrected chi connectivity index (χ1v) is 10.3. The Labute approximate surface area is 189 Å². The third-order valence-corrected chi connectivity index (χ3v) is 5.29. The summed E-state index contributed by atoms with van der Waals surface area (Å²) in [6.07, 6.45) is 0. The first kappa shape index (κ1) is 20.3. The Hall–Kier alpha value is -4.58. The average Bonchev–Trinajstić information content (AvgIpc) is 3.31. The molecule has 0 unspecified atom stereocenters. The van der Waals surface area contributed by atoms with E-state index in [9.17, 15) is 14.3 Å². The zero-order valence-corrected chi connectivity index (χ0v) is 17.4. The number of rotatable bonds is 5. The molecule has 0 saturated carbocycles. The van der Waals surface area contributed by atoms with Crippen LogP contribution in [0.4, 0.5) is 4.39 Å². The quantitative estimate of drug-likeness (QED) is 0.362. The number of para-hydroxylation sites is 1. The molecule has 5 aromatic rings. The Morgan fingerprint density at radius 2 is 1.36 bits per heavy atom. The molecule has 1 heterocycles. The zero-order valence-electron chi connectivity index (χ0n) is 17.4. The maximum atomic E-state index is 13.8. The highest BCUT2D eigenvalue weighted by Gasteiger charge is 2.16. The molecule has 0 radical (unpaired) electrons. The molecule has 0 atom stereocenters. The first-order valence-electron chi connectivity index (χ1n) is 10.3. The molecular weight excluding hydrogens is 417 g/mol. The minimum atomic E-state index is -1.30. The molecule has 0 aliphatic rings. The van der Waals surface area contributed by atoms with E-state index in [1.807, 2.05) is 84.9 Å². The first-order chi connectivity index (χ1) is 16.1. The summed E-state index contributed by atoms with van der Waals surface area (Å²) in [6.45, 7) is 0. The van der Waals surface area contributed by atoms with Crippen molar-refractivity contribution in [2.24, 2.45) is 0 Å². The summed E-state index contributed by atoms with van der Waals surface area (Å²) in [7, 11) is 0. The lowest BCUT2D eigenvalue weighted by Crippen LogP contribution is -2.00. The second-order valence-electron chi connectivity index (χ2n) is 7.45. The Bertz CT molecular complexity index is 1390. The van der Waals surface area contributed by atoms with Crippen molar-refractivity contribution in [1.82, 2.24) is 14.8 Å². The van der Waals surface area contributed by atoms with Crippen LogP contribution in [0.25, 0.3) is 39.6 Å². The standard InChI is InChI=1S/C27H18FN3O2/c28-24-15-14-20(17-23(24)27(32)33)19-10-7-11-21(16-19)25-29-26(18-8-3-1-4-9-18)31(30-25)22-12-5-2-6-13-22/h1-17H,(H,32,33). The van der Waals surface area contributed by atoms with Crippen LogP contribution < -0.4 is 0 Å². The molecule has 0 saturated heterocycles. The van der Waals surface area contributed by atoms with Gasteiger partial charge in [0, 0.05) is 11.1 Å². The molecule has 0 bridgehead atoms. The van der Waals surface area contributed by atoms with Crippen LogP contribution in [0, 0.1) is 5.82 Å². The molecule has 5 nitrogen and oxygen atoms in total. The summed E-state index contributed by atoms with van der Waals surface area (Å²) in [5.41, 5.74) is 3.56. The summed E-state index contributed by atoms with van der Waals surface area (Å²) in [5, 5.41) is 14.0. The number of hydrogen-bond donors (Lipinski definition) is 1. The number of aromatic nitrogens is 3.